The van der Waals surface area contributed by atoms with E-state index in [0.717, 1.165) is 56.2 Å². The maximum atomic E-state index is 5.54. The van der Waals surface area contributed by atoms with Crippen LogP contribution in [-0.2, 0) is 37.7 Å². The van der Waals surface area contributed by atoms with Crippen molar-refractivity contribution in [3.8, 4) is 0 Å². The van der Waals surface area contributed by atoms with Crippen LogP contribution in [0.15, 0.2) is 12.4 Å². The normalized spacial score (nSPS) is 14.2. The second-order valence-corrected chi connectivity index (χ2v) is 6.47. The molecule has 0 atom stereocenters. The van der Waals surface area contributed by atoms with Gasteiger partial charge in [0.15, 0.2) is 5.82 Å². The van der Waals surface area contributed by atoms with E-state index in [1.54, 1.807) is 0 Å². The Labute approximate surface area is 149 Å². The Balaban J connectivity index is 1.81. The smallest absolute Gasteiger partial charge is 0.156 e. The van der Waals surface area contributed by atoms with Crippen LogP contribution in [0.4, 0.5) is 5.82 Å². The fourth-order valence-electron chi connectivity index (χ4n) is 3.15. The third kappa shape index (κ3) is 4.55. The van der Waals surface area contributed by atoms with E-state index in [1.165, 1.54) is 11.1 Å². The number of hydrogen-bond acceptors (Lipinski definition) is 6. The molecule has 0 radical (unpaired) electrons. The standard InChI is InChI=1S/C18H28N6O/c1-4-25-13-17-21-16-6-9-19-8-5-15(16)18(22-17)23(2)10-7-14-11-20-24(3)12-14/h11-12,19H,4-10,13H2,1-3H3. The zero-order valence-corrected chi connectivity index (χ0v) is 15.5. The number of hydrogen-bond donors (Lipinski definition) is 1. The molecule has 25 heavy (non-hydrogen) atoms. The van der Waals surface area contributed by atoms with Gasteiger partial charge in [-0.3, -0.25) is 4.68 Å². The minimum absolute atomic E-state index is 0.473. The van der Waals surface area contributed by atoms with Gasteiger partial charge in [0, 0.05) is 52.0 Å². The van der Waals surface area contributed by atoms with Gasteiger partial charge in [-0.2, -0.15) is 5.10 Å². The summed E-state index contributed by atoms with van der Waals surface area (Å²) >= 11 is 0. The number of anilines is 1. The Bertz CT molecular complexity index is 699. The molecule has 0 fully saturated rings. The largest absolute Gasteiger partial charge is 0.374 e. The third-order valence-electron chi connectivity index (χ3n) is 4.50. The first-order valence-electron chi connectivity index (χ1n) is 9.03. The maximum absolute atomic E-state index is 5.54. The number of aryl methyl sites for hydroxylation is 1. The highest BCUT2D eigenvalue weighted by atomic mass is 16.5. The number of aromatic nitrogens is 4. The van der Waals surface area contributed by atoms with Crippen LogP contribution in [0.2, 0.25) is 0 Å². The summed E-state index contributed by atoms with van der Waals surface area (Å²) in [7, 11) is 4.06. The van der Waals surface area contributed by atoms with Crippen LogP contribution >= 0.6 is 0 Å². The second kappa shape index (κ2) is 8.40. The van der Waals surface area contributed by atoms with Crippen molar-refractivity contribution < 1.29 is 4.74 Å². The van der Waals surface area contributed by atoms with Gasteiger partial charge in [0.05, 0.1) is 11.9 Å². The van der Waals surface area contributed by atoms with Crippen LogP contribution in [-0.4, -0.2) is 53.0 Å². The highest BCUT2D eigenvalue weighted by molar-refractivity contribution is 5.49. The number of rotatable bonds is 7. The average molecular weight is 344 g/mol. The van der Waals surface area contributed by atoms with Gasteiger partial charge in [-0.25, -0.2) is 9.97 Å². The first kappa shape index (κ1) is 17.8. The van der Waals surface area contributed by atoms with Crippen molar-refractivity contribution in [3.63, 3.8) is 0 Å². The number of fused-ring (bicyclic) bond motifs is 1. The van der Waals surface area contributed by atoms with Crippen LogP contribution in [0.25, 0.3) is 0 Å². The molecule has 136 valence electrons. The van der Waals surface area contributed by atoms with Crippen LogP contribution in [0.5, 0.6) is 0 Å². The molecular weight excluding hydrogens is 316 g/mol. The molecule has 1 aliphatic heterocycles. The van der Waals surface area contributed by atoms with Crippen molar-refractivity contribution in [1.29, 1.82) is 0 Å². The summed E-state index contributed by atoms with van der Waals surface area (Å²) in [6.07, 6.45) is 6.86. The van der Waals surface area contributed by atoms with Gasteiger partial charge in [0.25, 0.3) is 0 Å². The molecule has 0 saturated carbocycles. The Morgan fingerprint density at radius 1 is 1.28 bits per heavy atom. The Kier molecular flexibility index (Phi) is 5.99. The monoisotopic (exact) mass is 344 g/mol. The van der Waals surface area contributed by atoms with Crippen LogP contribution in [0.1, 0.15) is 29.6 Å². The van der Waals surface area contributed by atoms with Crippen molar-refractivity contribution in [2.45, 2.75) is 32.8 Å². The predicted molar refractivity (Wildman–Crippen MR) is 97.8 cm³/mol. The van der Waals surface area contributed by atoms with E-state index in [1.807, 2.05) is 24.9 Å². The number of likely N-dealkylation sites (N-methyl/N-ethyl adjacent to an activating group) is 1. The summed E-state index contributed by atoms with van der Waals surface area (Å²) in [5, 5.41) is 7.70. The molecule has 0 aromatic carbocycles. The fourth-order valence-corrected chi connectivity index (χ4v) is 3.15. The molecule has 0 bridgehead atoms. The summed E-state index contributed by atoms with van der Waals surface area (Å²) in [5.41, 5.74) is 3.68. The number of nitrogens with one attached hydrogen (secondary N) is 1. The summed E-state index contributed by atoms with van der Waals surface area (Å²) in [6, 6.07) is 0. The summed E-state index contributed by atoms with van der Waals surface area (Å²) in [5.74, 6) is 1.83. The van der Waals surface area contributed by atoms with Gasteiger partial charge in [0.1, 0.15) is 12.4 Å². The first-order valence-corrected chi connectivity index (χ1v) is 9.03. The van der Waals surface area contributed by atoms with E-state index in [2.05, 4.69) is 28.6 Å². The molecule has 2 aromatic rings. The van der Waals surface area contributed by atoms with Gasteiger partial charge in [0.2, 0.25) is 0 Å². The lowest BCUT2D eigenvalue weighted by atomic mass is 10.1. The van der Waals surface area contributed by atoms with Gasteiger partial charge in [-0.05, 0) is 31.9 Å². The lowest BCUT2D eigenvalue weighted by molar-refractivity contribution is 0.128. The van der Waals surface area contributed by atoms with Gasteiger partial charge < -0.3 is 15.0 Å². The topological polar surface area (TPSA) is 68.1 Å². The van der Waals surface area contributed by atoms with E-state index < -0.39 is 0 Å². The van der Waals surface area contributed by atoms with Crippen LogP contribution < -0.4 is 10.2 Å². The van der Waals surface area contributed by atoms with Crippen LogP contribution in [0.3, 0.4) is 0 Å². The average Bonchev–Trinajstić information content (AvgIpc) is 2.89. The van der Waals surface area contributed by atoms with E-state index in [9.17, 15) is 0 Å². The molecule has 2 aromatic heterocycles. The second-order valence-electron chi connectivity index (χ2n) is 6.47. The van der Waals surface area contributed by atoms with Crippen molar-refractivity contribution >= 4 is 5.82 Å². The van der Waals surface area contributed by atoms with Crippen molar-refractivity contribution in [2.75, 3.05) is 38.2 Å². The molecule has 7 heteroatoms. The molecule has 3 heterocycles. The summed E-state index contributed by atoms with van der Waals surface area (Å²) < 4.78 is 7.38. The molecule has 1 aliphatic rings. The van der Waals surface area contributed by atoms with E-state index in [0.29, 0.717) is 13.2 Å². The third-order valence-corrected chi connectivity index (χ3v) is 4.50. The number of ether oxygens (including phenoxy) is 1. The number of nitrogens with zero attached hydrogens (tertiary/aromatic N) is 5. The highest BCUT2D eigenvalue weighted by Crippen LogP contribution is 2.23. The van der Waals surface area contributed by atoms with E-state index >= 15 is 0 Å². The highest BCUT2D eigenvalue weighted by Gasteiger charge is 2.19. The predicted octanol–water partition coefficient (Wildman–Crippen LogP) is 1.11. The molecular formula is C18H28N6O. The summed E-state index contributed by atoms with van der Waals surface area (Å²) in [4.78, 5) is 11.8. The quantitative estimate of drug-likeness (QED) is 0.812. The molecule has 0 saturated heterocycles. The van der Waals surface area contributed by atoms with Crippen molar-refractivity contribution in [3.05, 3.63) is 35.0 Å². The van der Waals surface area contributed by atoms with Crippen LogP contribution in [0, 0.1) is 0 Å². The van der Waals surface area contributed by atoms with E-state index in [-0.39, 0.29) is 0 Å². The lowest BCUT2D eigenvalue weighted by Gasteiger charge is -2.23. The van der Waals surface area contributed by atoms with Crippen molar-refractivity contribution in [2.24, 2.45) is 7.05 Å². The fraction of sp³-hybridized carbons (Fsp3) is 0.611. The molecule has 1 N–H and O–H groups in total. The minimum Gasteiger partial charge on any atom is -0.374 e. The van der Waals surface area contributed by atoms with Gasteiger partial charge >= 0.3 is 0 Å². The first-order chi connectivity index (χ1) is 12.2. The zero-order chi connectivity index (χ0) is 17.6. The van der Waals surface area contributed by atoms with Gasteiger partial charge in [-0.1, -0.05) is 0 Å². The Hall–Kier alpha value is -1.99. The zero-order valence-electron chi connectivity index (χ0n) is 15.5. The van der Waals surface area contributed by atoms with E-state index in [4.69, 9.17) is 14.7 Å². The summed E-state index contributed by atoms with van der Waals surface area (Å²) in [6.45, 7) is 5.99. The minimum atomic E-state index is 0.473. The molecule has 7 nitrogen and oxygen atoms in total. The van der Waals surface area contributed by atoms with Crippen molar-refractivity contribution in [1.82, 2.24) is 25.1 Å². The molecule has 0 amide bonds. The molecule has 3 rings (SSSR count). The maximum Gasteiger partial charge on any atom is 0.156 e. The van der Waals surface area contributed by atoms with Gasteiger partial charge in [-0.15, -0.1) is 0 Å². The molecule has 0 aliphatic carbocycles. The Morgan fingerprint density at radius 2 is 2.12 bits per heavy atom. The molecule has 0 spiro atoms. The molecule has 0 unspecified atom stereocenters. The lowest BCUT2D eigenvalue weighted by Crippen LogP contribution is -2.25. The Morgan fingerprint density at radius 3 is 2.88 bits per heavy atom. The SMILES string of the molecule is CCOCc1nc2c(c(N(C)CCc3cnn(C)c3)n1)CCNCC2.